The predicted molar refractivity (Wildman–Crippen MR) is 265 cm³/mol. The summed E-state index contributed by atoms with van der Waals surface area (Å²) in [6.45, 7) is 4.72. The first kappa shape index (κ1) is 35.6. The van der Waals surface area contributed by atoms with Gasteiger partial charge in [0.15, 0.2) is 0 Å². The summed E-state index contributed by atoms with van der Waals surface area (Å²) >= 11 is 0. The molecular weight excluding hydrogens is 733 g/mol. The molecule has 12 aromatic carbocycles. The highest BCUT2D eigenvalue weighted by Gasteiger charge is 2.25. The normalized spacial score (nSPS) is 12.0. The highest BCUT2D eigenvalue weighted by atomic mass is 14.3. The Kier molecular flexibility index (Phi) is 8.29. The van der Waals surface area contributed by atoms with Crippen LogP contribution in [0.2, 0.25) is 0 Å². The highest BCUT2D eigenvalue weighted by Crippen LogP contribution is 2.52. The van der Waals surface area contributed by atoms with Gasteiger partial charge in [0, 0.05) is 0 Å². The van der Waals surface area contributed by atoms with E-state index in [0.29, 0.717) is 5.92 Å². The van der Waals surface area contributed by atoms with Crippen LogP contribution in [-0.2, 0) is 0 Å². The van der Waals surface area contributed by atoms with Crippen molar-refractivity contribution in [1.29, 1.82) is 0 Å². The third-order valence-corrected chi connectivity index (χ3v) is 13.8. The molecule has 0 saturated carbocycles. The van der Waals surface area contributed by atoms with Crippen LogP contribution in [0.5, 0.6) is 0 Å². The molecule has 0 fully saturated rings. The summed E-state index contributed by atoms with van der Waals surface area (Å²) in [5.74, 6) is 0.433. The molecule has 0 heteroatoms. The first-order valence-corrected chi connectivity index (χ1v) is 22.0. The van der Waals surface area contributed by atoms with Crippen LogP contribution < -0.4 is 0 Å². The monoisotopic (exact) mass is 776 g/mol. The molecule has 0 bridgehead atoms. The maximum Gasteiger partial charge on any atom is -0.00175 e. The van der Waals surface area contributed by atoms with Crippen LogP contribution in [0.4, 0.5) is 0 Å². The quantitative estimate of drug-likeness (QED) is 0.112. The fourth-order valence-corrected chi connectivity index (χ4v) is 11.1. The summed E-state index contributed by atoms with van der Waals surface area (Å²) in [7, 11) is 0. The van der Waals surface area contributed by atoms with Gasteiger partial charge in [-0.05, 0) is 150 Å². The number of rotatable bonds is 7. The predicted octanol–water partition coefficient (Wildman–Crippen LogP) is 17.8. The second-order valence-corrected chi connectivity index (χ2v) is 16.8. The summed E-state index contributed by atoms with van der Waals surface area (Å²) < 4.78 is 0. The van der Waals surface area contributed by atoms with Crippen LogP contribution in [0.3, 0.4) is 0 Å². The molecule has 0 nitrogen and oxygen atoms in total. The number of hydrogen-bond acceptors (Lipinski definition) is 0. The third-order valence-electron chi connectivity index (χ3n) is 13.8. The minimum atomic E-state index is 0.433. The molecule has 61 heavy (non-hydrogen) atoms. The Bertz CT molecular complexity index is 3530. The zero-order valence-electron chi connectivity index (χ0n) is 34.5. The zero-order valence-corrected chi connectivity index (χ0v) is 34.5. The average Bonchev–Trinajstić information content (AvgIpc) is 3.33. The standard InChI is InChI=1S/C61H44/c1-3-38(4-2)54-37-55(60-48-29-17-13-25-44(48)57(40-21-9-6-10-22-40)45-26-14-18-30-49(45)60)53-34-32-41-31-33-51(50-35-36-52(54)61(53)58(41)50)59-46-27-15-11-23-42(46)56(39-19-7-5-8-20-39)43-24-12-16-28-47(43)59/h5-38H,3-4H2,1-2H3. The number of benzene rings is 12. The smallest absolute Gasteiger partial charge is 0.00175 e. The van der Waals surface area contributed by atoms with Crippen LogP contribution in [0.25, 0.3) is 120 Å². The van der Waals surface area contributed by atoms with Gasteiger partial charge in [0.1, 0.15) is 0 Å². The van der Waals surface area contributed by atoms with Crippen LogP contribution in [0, 0.1) is 0 Å². The molecule has 0 heterocycles. The van der Waals surface area contributed by atoms with Gasteiger partial charge in [-0.2, -0.15) is 0 Å². The lowest BCUT2D eigenvalue weighted by atomic mass is 9.78. The van der Waals surface area contributed by atoms with E-state index in [1.54, 1.807) is 0 Å². The second kappa shape index (κ2) is 14.2. The van der Waals surface area contributed by atoms with Crippen LogP contribution in [0.1, 0.15) is 38.2 Å². The molecule has 0 spiro atoms. The van der Waals surface area contributed by atoms with Crippen molar-refractivity contribution in [2.24, 2.45) is 0 Å². The van der Waals surface area contributed by atoms with Gasteiger partial charge >= 0.3 is 0 Å². The summed E-state index contributed by atoms with van der Waals surface area (Å²) in [6.07, 6.45) is 2.18. The fraction of sp³-hybridized carbons (Fsp3) is 0.0820. The van der Waals surface area contributed by atoms with Gasteiger partial charge in [0.25, 0.3) is 0 Å². The second-order valence-electron chi connectivity index (χ2n) is 16.8. The van der Waals surface area contributed by atoms with Gasteiger partial charge in [0.05, 0.1) is 0 Å². The third kappa shape index (κ3) is 5.32. The average molecular weight is 777 g/mol. The molecule has 0 saturated heterocycles. The van der Waals surface area contributed by atoms with Crippen molar-refractivity contribution >= 4 is 75.4 Å². The van der Waals surface area contributed by atoms with Gasteiger partial charge in [-0.3, -0.25) is 0 Å². The van der Waals surface area contributed by atoms with Gasteiger partial charge in [-0.15, -0.1) is 0 Å². The van der Waals surface area contributed by atoms with Gasteiger partial charge in [0.2, 0.25) is 0 Å². The van der Waals surface area contributed by atoms with Crippen molar-refractivity contribution in [2.45, 2.75) is 32.6 Å². The molecule has 12 rings (SSSR count). The molecule has 0 radical (unpaired) electrons. The lowest BCUT2D eigenvalue weighted by Crippen LogP contribution is -2.01. The molecule has 0 aromatic heterocycles. The Labute approximate surface area is 356 Å². The lowest BCUT2D eigenvalue weighted by molar-refractivity contribution is 0.647. The topological polar surface area (TPSA) is 0 Å². The summed E-state index contributed by atoms with van der Waals surface area (Å²) in [4.78, 5) is 0. The SMILES string of the molecule is CCC(CC)c1cc(-c2c3ccccc3c(-c3ccccc3)c3ccccc23)c2ccc3ccc(-c4c5ccccc5c(-c5ccccc5)c5ccccc45)c4ccc1c2c34. The van der Waals surface area contributed by atoms with E-state index in [1.807, 2.05) is 0 Å². The fourth-order valence-electron chi connectivity index (χ4n) is 11.1. The van der Waals surface area contributed by atoms with E-state index >= 15 is 0 Å². The van der Waals surface area contributed by atoms with Crippen molar-refractivity contribution in [2.75, 3.05) is 0 Å². The molecule has 0 aliphatic carbocycles. The molecule has 12 aromatic rings. The van der Waals surface area contributed by atoms with Crippen LogP contribution >= 0.6 is 0 Å². The minimum absolute atomic E-state index is 0.433. The van der Waals surface area contributed by atoms with Gasteiger partial charge in [-0.1, -0.05) is 208 Å². The number of hydrogen-bond donors (Lipinski definition) is 0. The molecule has 0 unspecified atom stereocenters. The first-order chi connectivity index (χ1) is 30.2. The molecule has 0 atom stereocenters. The zero-order chi connectivity index (χ0) is 40.6. The van der Waals surface area contributed by atoms with Crippen molar-refractivity contribution in [1.82, 2.24) is 0 Å². The molecule has 0 amide bonds. The van der Waals surface area contributed by atoms with E-state index < -0.39 is 0 Å². The van der Waals surface area contributed by atoms with Crippen molar-refractivity contribution < 1.29 is 0 Å². The maximum absolute atomic E-state index is 2.58. The summed E-state index contributed by atoms with van der Waals surface area (Å²) in [6, 6.07) is 75.2. The highest BCUT2D eigenvalue weighted by molar-refractivity contribution is 6.33. The van der Waals surface area contributed by atoms with Crippen molar-refractivity contribution in [3.05, 3.63) is 206 Å². The largest absolute Gasteiger partial charge is 0.0648 e. The van der Waals surface area contributed by atoms with E-state index in [9.17, 15) is 0 Å². The lowest BCUT2D eigenvalue weighted by Gasteiger charge is -2.25. The van der Waals surface area contributed by atoms with Crippen molar-refractivity contribution in [3.63, 3.8) is 0 Å². The minimum Gasteiger partial charge on any atom is -0.0648 e. The van der Waals surface area contributed by atoms with E-state index in [2.05, 4.69) is 214 Å². The molecule has 288 valence electrons. The van der Waals surface area contributed by atoms with Crippen LogP contribution in [-0.4, -0.2) is 0 Å². The Morgan fingerprint density at radius 3 is 1.11 bits per heavy atom. The first-order valence-electron chi connectivity index (χ1n) is 22.0. The van der Waals surface area contributed by atoms with E-state index in [4.69, 9.17) is 0 Å². The van der Waals surface area contributed by atoms with Gasteiger partial charge < -0.3 is 0 Å². The molecule has 0 aliphatic heterocycles. The Morgan fingerprint density at radius 1 is 0.295 bits per heavy atom. The van der Waals surface area contributed by atoms with E-state index in [0.717, 1.165) is 12.8 Å². The molecule has 0 N–H and O–H groups in total. The van der Waals surface area contributed by atoms with E-state index in [1.165, 1.54) is 125 Å². The number of fused-ring (bicyclic) bond motifs is 4. The van der Waals surface area contributed by atoms with E-state index in [-0.39, 0.29) is 0 Å². The Hall–Kier alpha value is -7.28. The summed E-state index contributed by atoms with van der Waals surface area (Å²) in [5, 5.41) is 18.3. The Balaban J connectivity index is 1.23. The molecule has 0 aliphatic rings. The van der Waals surface area contributed by atoms with Gasteiger partial charge in [-0.25, -0.2) is 0 Å². The summed E-state index contributed by atoms with van der Waals surface area (Å²) in [5.41, 5.74) is 11.8. The Morgan fingerprint density at radius 2 is 0.656 bits per heavy atom. The maximum atomic E-state index is 2.58. The van der Waals surface area contributed by atoms with Crippen molar-refractivity contribution in [3.8, 4) is 44.5 Å². The molecular formula is C61H44. The van der Waals surface area contributed by atoms with Crippen LogP contribution in [0.15, 0.2) is 200 Å².